The van der Waals surface area contributed by atoms with Gasteiger partial charge in [0.25, 0.3) is 0 Å². The van der Waals surface area contributed by atoms with Gasteiger partial charge in [0.05, 0.1) is 5.52 Å². The first-order valence-corrected chi connectivity index (χ1v) is 5.33. The first kappa shape index (κ1) is 10.2. The summed E-state index contributed by atoms with van der Waals surface area (Å²) in [7, 11) is 0. The van der Waals surface area contributed by atoms with Crippen LogP contribution in [-0.2, 0) is 6.42 Å². The number of fused-ring (bicyclic) bond motifs is 1. The monoisotopic (exact) mass is 215 g/mol. The molecule has 1 aromatic carbocycles. The zero-order chi connectivity index (χ0) is 10.8. The Labute approximate surface area is 95.3 Å². The lowest BCUT2D eigenvalue weighted by Gasteiger charge is -2.08. The number of pyridine rings is 1. The van der Waals surface area contributed by atoms with Crippen LogP contribution in [-0.4, -0.2) is 4.98 Å². The van der Waals surface area contributed by atoms with E-state index in [4.69, 9.17) is 0 Å². The maximum absolute atomic E-state index is 4.44. The van der Waals surface area contributed by atoms with Crippen molar-refractivity contribution in [1.29, 1.82) is 0 Å². The summed E-state index contributed by atoms with van der Waals surface area (Å²) in [5, 5.41) is 1.17. The van der Waals surface area contributed by atoms with Gasteiger partial charge in [-0.3, -0.25) is 4.98 Å². The maximum atomic E-state index is 4.44. The molecule has 0 saturated carbocycles. The van der Waals surface area contributed by atoms with Crippen LogP contribution >= 0.6 is 12.6 Å². The Morgan fingerprint density at radius 3 is 2.87 bits per heavy atom. The van der Waals surface area contributed by atoms with E-state index in [2.05, 4.69) is 30.3 Å². The highest BCUT2D eigenvalue weighted by molar-refractivity contribution is 7.80. The van der Waals surface area contributed by atoms with E-state index in [0.29, 0.717) is 0 Å². The normalized spacial score (nSPS) is 10.5. The molecule has 1 heterocycles. The van der Waals surface area contributed by atoms with Crippen LogP contribution in [0.4, 0.5) is 0 Å². The van der Waals surface area contributed by atoms with Gasteiger partial charge in [-0.2, -0.15) is 0 Å². The number of benzene rings is 1. The molecule has 0 aliphatic rings. The number of allylic oxidation sites excluding steroid dienone is 1. The second kappa shape index (κ2) is 4.07. The zero-order valence-corrected chi connectivity index (χ0v) is 9.59. The fourth-order valence-corrected chi connectivity index (χ4v) is 1.93. The third kappa shape index (κ3) is 2.05. The lowest BCUT2D eigenvalue weighted by Crippen LogP contribution is -1.92. The van der Waals surface area contributed by atoms with Crippen molar-refractivity contribution in [3.63, 3.8) is 0 Å². The van der Waals surface area contributed by atoms with E-state index in [-0.39, 0.29) is 0 Å². The second-order valence-electron chi connectivity index (χ2n) is 3.77. The number of nitrogens with zero attached hydrogens (tertiary/aromatic N) is 1. The van der Waals surface area contributed by atoms with Gasteiger partial charge >= 0.3 is 0 Å². The van der Waals surface area contributed by atoms with Gasteiger partial charge in [-0.1, -0.05) is 30.4 Å². The molecule has 0 aliphatic carbocycles. The van der Waals surface area contributed by atoms with Crippen molar-refractivity contribution in [1.82, 2.24) is 4.98 Å². The maximum Gasteiger partial charge on any atom is 0.0705 e. The average molecular weight is 215 g/mol. The van der Waals surface area contributed by atoms with Crippen LogP contribution in [0.2, 0.25) is 0 Å². The van der Waals surface area contributed by atoms with E-state index in [1.807, 2.05) is 31.3 Å². The van der Waals surface area contributed by atoms with Crippen molar-refractivity contribution in [3.8, 4) is 0 Å². The van der Waals surface area contributed by atoms with Crippen molar-refractivity contribution < 1.29 is 0 Å². The molecule has 0 aliphatic heterocycles. The summed E-state index contributed by atoms with van der Waals surface area (Å²) < 4.78 is 0. The molecule has 15 heavy (non-hydrogen) atoms. The standard InChI is InChI=1S/C13H13NS/c1-9(2)7-11-10-5-3-4-6-12(10)14-8-13(11)15/h3-6,8,15H,1,7H2,2H3. The van der Waals surface area contributed by atoms with Crippen molar-refractivity contribution in [3.05, 3.63) is 48.2 Å². The van der Waals surface area contributed by atoms with Crippen LogP contribution in [0.3, 0.4) is 0 Å². The summed E-state index contributed by atoms with van der Waals surface area (Å²) >= 11 is 4.44. The molecule has 1 nitrogen and oxygen atoms in total. The summed E-state index contributed by atoms with van der Waals surface area (Å²) in [5.74, 6) is 0. The quantitative estimate of drug-likeness (QED) is 0.596. The van der Waals surface area contributed by atoms with E-state index in [0.717, 1.165) is 22.4 Å². The Morgan fingerprint density at radius 1 is 1.40 bits per heavy atom. The molecule has 0 N–H and O–H groups in total. The molecule has 2 rings (SSSR count). The molecule has 0 amide bonds. The molecule has 2 aromatic rings. The van der Waals surface area contributed by atoms with E-state index < -0.39 is 0 Å². The lowest BCUT2D eigenvalue weighted by atomic mass is 10.0. The Hall–Kier alpha value is -1.28. The number of hydrogen-bond acceptors (Lipinski definition) is 2. The first-order valence-electron chi connectivity index (χ1n) is 4.88. The molecule has 0 spiro atoms. The molecule has 0 unspecified atom stereocenters. The molecule has 0 radical (unpaired) electrons. The van der Waals surface area contributed by atoms with Crippen molar-refractivity contribution in [2.24, 2.45) is 0 Å². The summed E-state index contributed by atoms with van der Waals surface area (Å²) in [6.07, 6.45) is 2.67. The number of hydrogen-bond donors (Lipinski definition) is 1. The molecule has 76 valence electrons. The number of rotatable bonds is 2. The summed E-state index contributed by atoms with van der Waals surface area (Å²) in [4.78, 5) is 5.28. The Kier molecular flexibility index (Phi) is 2.78. The molecule has 0 bridgehead atoms. The third-order valence-electron chi connectivity index (χ3n) is 2.34. The average Bonchev–Trinajstić information content (AvgIpc) is 2.22. The van der Waals surface area contributed by atoms with Gasteiger partial charge in [0.1, 0.15) is 0 Å². The van der Waals surface area contributed by atoms with E-state index >= 15 is 0 Å². The summed E-state index contributed by atoms with van der Waals surface area (Å²) in [6.45, 7) is 5.97. The zero-order valence-electron chi connectivity index (χ0n) is 8.70. The minimum Gasteiger partial charge on any atom is -0.255 e. The van der Waals surface area contributed by atoms with Crippen LogP contribution in [0.1, 0.15) is 12.5 Å². The van der Waals surface area contributed by atoms with Crippen molar-refractivity contribution >= 4 is 23.5 Å². The lowest BCUT2D eigenvalue weighted by molar-refractivity contribution is 1.10. The predicted octanol–water partition coefficient (Wildman–Crippen LogP) is 3.64. The van der Waals surface area contributed by atoms with E-state index in [1.54, 1.807) is 0 Å². The second-order valence-corrected chi connectivity index (χ2v) is 4.25. The molecule has 0 saturated heterocycles. The van der Waals surface area contributed by atoms with Gasteiger partial charge in [0.2, 0.25) is 0 Å². The van der Waals surface area contributed by atoms with Crippen molar-refractivity contribution in [2.75, 3.05) is 0 Å². The SMILES string of the molecule is C=C(C)Cc1c(S)cnc2ccccc12. The van der Waals surface area contributed by atoms with Crippen molar-refractivity contribution in [2.45, 2.75) is 18.2 Å². The highest BCUT2D eigenvalue weighted by Crippen LogP contribution is 2.24. The van der Waals surface area contributed by atoms with Crippen LogP contribution in [0.5, 0.6) is 0 Å². The van der Waals surface area contributed by atoms with Crippen LogP contribution in [0, 0.1) is 0 Å². The molecule has 2 heteroatoms. The van der Waals surface area contributed by atoms with Crippen LogP contribution in [0.15, 0.2) is 47.5 Å². The molecule has 0 fully saturated rings. The first-order chi connectivity index (χ1) is 7.18. The smallest absolute Gasteiger partial charge is 0.0705 e. The molecular weight excluding hydrogens is 202 g/mol. The predicted molar refractivity (Wildman–Crippen MR) is 67.5 cm³/mol. The topological polar surface area (TPSA) is 12.9 Å². The Morgan fingerprint density at radius 2 is 2.13 bits per heavy atom. The highest BCUT2D eigenvalue weighted by Gasteiger charge is 2.05. The molecular formula is C13H13NS. The van der Waals surface area contributed by atoms with Gasteiger partial charge in [-0.25, -0.2) is 0 Å². The number of thiol groups is 1. The summed E-state index contributed by atoms with van der Waals surface area (Å²) in [5.41, 5.74) is 3.38. The highest BCUT2D eigenvalue weighted by atomic mass is 32.1. The van der Waals surface area contributed by atoms with Gasteiger partial charge in [0.15, 0.2) is 0 Å². The fraction of sp³-hybridized carbons (Fsp3) is 0.154. The van der Waals surface area contributed by atoms with E-state index in [9.17, 15) is 0 Å². The van der Waals surface area contributed by atoms with Gasteiger partial charge in [0, 0.05) is 16.5 Å². The minimum atomic E-state index is 0.863. The van der Waals surface area contributed by atoms with E-state index in [1.165, 1.54) is 10.9 Å². The fourth-order valence-electron chi connectivity index (χ4n) is 1.68. The summed E-state index contributed by atoms with van der Waals surface area (Å²) in [6, 6.07) is 8.13. The Bertz CT molecular complexity index is 517. The van der Waals surface area contributed by atoms with Crippen LogP contribution < -0.4 is 0 Å². The van der Waals surface area contributed by atoms with Crippen LogP contribution in [0.25, 0.3) is 10.9 Å². The Balaban J connectivity index is 2.68. The van der Waals surface area contributed by atoms with Gasteiger partial charge in [-0.05, 0) is 25.0 Å². The molecule has 1 aromatic heterocycles. The van der Waals surface area contributed by atoms with Gasteiger partial charge < -0.3 is 0 Å². The largest absolute Gasteiger partial charge is 0.255 e. The third-order valence-corrected chi connectivity index (χ3v) is 2.73. The minimum absolute atomic E-state index is 0.863. The molecule has 0 atom stereocenters. The number of para-hydroxylation sites is 1. The number of aromatic nitrogens is 1. The van der Waals surface area contributed by atoms with Gasteiger partial charge in [-0.15, -0.1) is 12.6 Å².